The third-order valence-corrected chi connectivity index (χ3v) is 4.30. The molecule has 0 atom stereocenters. The Labute approximate surface area is 175 Å². The average molecular weight is 436 g/mol. The highest BCUT2D eigenvalue weighted by Gasteiger charge is 2.31. The number of nitrogens with one attached hydrogen (secondary N) is 1. The number of aromatic nitrogens is 1. The zero-order chi connectivity index (χ0) is 22.6. The average Bonchev–Trinajstić information content (AvgIpc) is 3.12. The van der Waals surface area contributed by atoms with E-state index in [1.165, 1.54) is 26.4 Å². The Morgan fingerprint density at radius 2 is 1.65 bits per heavy atom. The summed E-state index contributed by atoms with van der Waals surface area (Å²) >= 11 is 0. The molecule has 2 aromatic carbocycles. The van der Waals surface area contributed by atoms with E-state index < -0.39 is 12.3 Å². The number of methoxy groups -OCH3 is 2. The predicted molar refractivity (Wildman–Crippen MR) is 104 cm³/mol. The summed E-state index contributed by atoms with van der Waals surface area (Å²) in [6.07, 6.45) is -4.79. The van der Waals surface area contributed by atoms with Gasteiger partial charge >= 0.3 is 6.36 Å². The first-order chi connectivity index (χ1) is 14.7. The fourth-order valence-corrected chi connectivity index (χ4v) is 2.88. The minimum atomic E-state index is -4.79. The lowest BCUT2D eigenvalue weighted by molar-refractivity contribution is -0.274. The van der Waals surface area contributed by atoms with Gasteiger partial charge in [-0.1, -0.05) is 5.16 Å². The van der Waals surface area contributed by atoms with Gasteiger partial charge in [0.2, 0.25) is 0 Å². The van der Waals surface area contributed by atoms with Crippen LogP contribution >= 0.6 is 0 Å². The molecule has 1 amide bonds. The largest absolute Gasteiger partial charge is 0.573 e. The molecule has 3 rings (SSSR count). The molecule has 1 N–H and O–H groups in total. The lowest BCUT2D eigenvalue weighted by atomic mass is 10.1. The normalized spacial score (nSPS) is 11.2. The van der Waals surface area contributed by atoms with E-state index in [2.05, 4.69) is 15.2 Å². The maximum Gasteiger partial charge on any atom is 0.573 e. The molecule has 7 nitrogen and oxygen atoms in total. The lowest BCUT2D eigenvalue weighted by Gasteiger charge is -2.10. The van der Waals surface area contributed by atoms with Crippen LogP contribution in [0.2, 0.25) is 0 Å². The van der Waals surface area contributed by atoms with Gasteiger partial charge in [-0.3, -0.25) is 4.79 Å². The number of nitrogens with zero attached hydrogens (tertiary/aromatic N) is 1. The smallest absolute Gasteiger partial charge is 0.497 e. The first-order valence-corrected chi connectivity index (χ1v) is 9.02. The first-order valence-electron chi connectivity index (χ1n) is 9.02. The Hall–Kier alpha value is -3.69. The van der Waals surface area contributed by atoms with Gasteiger partial charge in [-0.05, 0) is 48.9 Å². The van der Waals surface area contributed by atoms with Gasteiger partial charge in [-0.25, -0.2) is 0 Å². The van der Waals surface area contributed by atoms with Crippen molar-refractivity contribution < 1.29 is 36.7 Å². The van der Waals surface area contributed by atoms with Crippen molar-refractivity contribution in [1.29, 1.82) is 0 Å². The monoisotopic (exact) mass is 436 g/mol. The van der Waals surface area contributed by atoms with Crippen molar-refractivity contribution in [2.75, 3.05) is 14.2 Å². The molecule has 0 radical (unpaired) electrons. The third kappa shape index (κ3) is 5.47. The molecule has 1 heterocycles. The highest BCUT2D eigenvalue weighted by molar-refractivity contribution is 6.00. The number of amides is 1. The van der Waals surface area contributed by atoms with Crippen LogP contribution in [0.1, 0.15) is 21.6 Å². The topological polar surface area (TPSA) is 82.8 Å². The second kappa shape index (κ2) is 8.99. The number of aryl methyl sites for hydroxylation is 1. The van der Waals surface area contributed by atoms with E-state index in [0.717, 1.165) is 17.7 Å². The van der Waals surface area contributed by atoms with Crippen molar-refractivity contribution in [3.05, 3.63) is 59.3 Å². The lowest BCUT2D eigenvalue weighted by Crippen LogP contribution is -2.23. The molecule has 0 spiro atoms. The van der Waals surface area contributed by atoms with Gasteiger partial charge in [0.05, 0.1) is 19.9 Å². The van der Waals surface area contributed by atoms with E-state index in [9.17, 15) is 18.0 Å². The maximum atomic E-state index is 12.8. The molecule has 0 aliphatic carbocycles. The molecular weight excluding hydrogens is 417 g/mol. The molecule has 164 valence electrons. The highest BCUT2D eigenvalue weighted by atomic mass is 19.4. The van der Waals surface area contributed by atoms with Crippen LogP contribution in [0.5, 0.6) is 17.2 Å². The van der Waals surface area contributed by atoms with Crippen molar-refractivity contribution in [3.8, 4) is 28.6 Å². The van der Waals surface area contributed by atoms with Crippen molar-refractivity contribution in [2.45, 2.75) is 19.8 Å². The summed E-state index contributed by atoms with van der Waals surface area (Å²) in [6, 6.07) is 10.2. The number of benzene rings is 2. The SMILES string of the molecule is COc1cc(CNC(=O)c2c(C)noc2-c2ccc(OC(F)(F)F)cc2)cc(OC)c1. The fourth-order valence-electron chi connectivity index (χ4n) is 2.88. The van der Waals surface area contributed by atoms with E-state index >= 15 is 0 Å². The van der Waals surface area contributed by atoms with Crippen LogP contribution in [0.15, 0.2) is 47.0 Å². The molecular formula is C21H19F3N2O5. The molecule has 0 aliphatic rings. The summed E-state index contributed by atoms with van der Waals surface area (Å²) in [4.78, 5) is 12.8. The summed E-state index contributed by atoms with van der Waals surface area (Å²) in [7, 11) is 3.05. The van der Waals surface area contributed by atoms with Crippen molar-refractivity contribution in [1.82, 2.24) is 10.5 Å². The zero-order valence-corrected chi connectivity index (χ0v) is 16.9. The highest BCUT2D eigenvalue weighted by Crippen LogP contribution is 2.30. The number of carbonyl (C=O) groups excluding carboxylic acids is 1. The van der Waals surface area contributed by atoms with Crippen LogP contribution in [-0.4, -0.2) is 31.6 Å². The van der Waals surface area contributed by atoms with Crippen LogP contribution in [0, 0.1) is 6.92 Å². The van der Waals surface area contributed by atoms with Crippen molar-refractivity contribution >= 4 is 5.91 Å². The van der Waals surface area contributed by atoms with Gasteiger partial charge in [0.1, 0.15) is 22.8 Å². The van der Waals surface area contributed by atoms with Crippen LogP contribution in [0.25, 0.3) is 11.3 Å². The van der Waals surface area contributed by atoms with Crippen LogP contribution in [0.4, 0.5) is 13.2 Å². The van der Waals surface area contributed by atoms with Gasteiger partial charge < -0.3 is 24.1 Å². The predicted octanol–water partition coefficient (Wildman–Crippen LogP) is 4.50. The minimum absolute atomic E-state index is 0.136. The quantitative estimate of drug-likeness (QED) is 0.588. The zero-order valence-electron chi connectivity index (χ0n) is 16.9. The van der Waals surface area contributed by atoms with Gasteiger partial charge in [0.25, 0.3) is 5.91 Å². The first kappa shape index (κ1) is 22.0. The molecule has 0 saturated heterocycles. The minimum Gasteiger partial charge on any atom is -0.497 e. The molecule has 1 aromatic heterocycles. The van der Waals surface area contributed by atoms with Gasteiger partial charge in [-0.15, -0.1) is 13.2 Å². The molecule has 0 aliphatic heterocycles. The Morgan fingerprint density at radius 1 is 1.03 bits per heavy atom. The van der Waals surface area contributed by atoms with E-state index in [4.69, 9.17) is 14.0 Å². The number of alkyl halides is 3. The summed E-state index contributed by atoms with van der Waals surface area (Å²) in [5, 5.41) is 6.59. The van der Waals surface area contributed by atoms with Crippen LogP contribution in [0.3, 0.4) is 0 Å². The number of rotatable bonds is 7. The maximum absolute atomic E-state index is 12.8. The van der Waals surface area contributed by atoms with Crippen LogP contribution in [-0.2, 0) is 6.54 Å². The van der Waals surface area contributed by atoms with Gasteiger partial charge in [0, 0.05) is 18.2 Å². The number of ether oxygens (including phenoxy) is 3. The Balaban J connectivity index is 1.78. The van der Waals surface area contributed by atoms with E-state index in [-0.39, 0.29) is 23.6 Å². The summed E-state index contributed by atoms with van der Waals surface area (Å²) in [6.45, 7) is 1.77. The molecule has 0 saturated carbocycles. The van der Waals surface area contributed by atoms with Gasteiger partial charge in [-0.2, -0.15) is 0 Å². The third-order valence-electron chi connectivity index (χ3n) is 4.30. The van der Waals surface area contributed by atoms with Crippen molar-refractivity contribution in [2.24, 2.45) is 0 Å². The fraction of sp³-hybridized carbons (Fsp3) is 0.238. The van der Waals surface area contributed by atoms with Crippen LogP contribution < -0.4 is 19.5 Å². The van der Waals surface area contributed by atoms with Gasteiger partial charge in [0.15, 0.2) is 5.76 Å². The number of carbonyl (C=O) groups is 1. The summed E-state index contributed by atoms with van der Waals surface area (Å²) in [5.41, 5.74) is 1.64. The summed E-state index contributed by atoms with van der Waals surface area (Å²) in [5.74, 6) is 0.451. The number of hydrogen-bond donors (Lipinski definition) is 1. The molecule has 0 unspecified atom stereocenters. The van der Waals surface area contributed by atoms with E-state index in [0.29, 0.717) is 22.8 Å². The van der Waals surface area contributed by atoms with Crippen molar-refractivity contribution in [3.63, 3.8) is 0 Å². The molecule has 31 heavy (non-hydrogen) atoms. The Morgan fingerprint density at radius 3 is 2.19 bits per heavy atom. The number of hydrogen-bond acceptors (Lipinski definition) is 6. The second-order valence-corrected chi connectivity index (χ2v) is 6.45. The molecule has 10 heteroatoms. The van der Waals surface area contributed by atoms with E-state index in [1.54, 1.807) is 25.1 Å². The Kier molecular flexibility index (Phi) is 6.38. The molecule has 0 bridgehead atoms. The molecule has 0 fully saturated rings. The standard InChI is InChI=1S/C21H19F3N2O5/c1-12-18(20(27)25-11-13-8-16(28-2)10-17(9-13)29-3)19(31-26-12)14-4-6-15(7-5-14)30-21(22,23)24/h4-10H,11H2,1-3H3,(H,25,27). The molecule has 3 aromatic rings. The number of halogens is 3. The second-order valence-electron chi connectivity index (χ2n) is 6.45. The Bertz CT molecular complexity index is 1040. The summed E-state index contributed by atoms with van der Waals surface area (Å²) < 4.78 is 56.6. The van der Waals surface area contributed by atoms with E-state index in [1.807, 2.05) is 0 Å².